The number of amides is 1. The second kappa shape index (κ2) is 7.45. The summed E-state index contributed by atoms with van der Waals surface area (Å²) in [4.78, 5) is 25.8. The predicted octanol–water partition coefficient (Wildman–Crippen LogP) is 2.00. The standard InChI is InChI=1S/C16H20F2N2O2/c1-19-9-11-6-7-20(10-11)16(22)5-4-15(21)12-2-3-13(17)14(18)8-12/h2-3,8,11,19H,4-7,9-10H2,1H3. The largest absolute Gasteiger partial charge is 0.342 e. The molecule has 0 radical (unpaired) electrons. The van der Waals surface area contributed by atoms with Crippen molar-refractivity contribution >= 4 is 11.7 Å². The van der Waals surface area contributed by atoms with Gasteiger partial charge in [0.1, 0.15) is 0 Å². The smallest absolute Gasteiger partial charge is 0.223 e. The van der Waals surface area contributed by atoms with Crippen LogP contribution in [0.5, 0.6) is 0 Å². The molecule has 1 saturated heterocycles. The summed E-state index contributed by atoms with van der Waals surface area (Å²) < 4.78 is 25.9. The van der Waals surface area contributed by atoms with Gasteiger partial charge in [0.05, 0.1) is 0 Å². The Bertz CT molecular complexity index is 563. The van der Waals surface area contributed by atoms with Crippen LogP contribution in [0.1, 0.15) is 29.6 Å². The maximum atomic E-state index is 13.1. The van der Waals surface area contributed by atoms with Gasteiger partial charge < -0.3 is 10.2 Å². The highest BCUT2D eigenvalue weighted by Gasteiger charge is 2.25. The van der Waals surface area contributed by atoms with E-state index >= 15 is 0 Å². The Morgan fingerprint density at radius 3 is 2.73 bits per heavy atom. The van der Waals surface area contributed by atoms with Crippen molar-refractivity contribution in [3.8, 4) is 0 Å². The van der Waals surface area contributed by atoms with Crippen molar-refractivity contribution in [3.05, 3.63) is 35.4 Å². The molecule has 1 aromatic carbocycles. The fourth-order valence-corrected chi connectivity index (χ4v) is 2.71. The summed E-state index contributed by atoms with van der Waals surface area (Å²) >= 11 is 0. The van der Waals surface area contributed by atoms with Crippen molar-refractivity contribution in [2.75, 3.05) is 26.7 Å². The van der Waals surface area contributed by atoms with E-state index < -0.39 is 11.6 Å². The zero-order valence-electron chi connectivity index (χ0n) is 12.6. The van der Waals surface area contributed by atoms with Crippen molar-refractivity contribution in [1.29, 1.82) is 0 Å². The summed E-state index contributed by atoms with van der Waals surface area (Å²) in [5.41, 5.74) is 0.0983. The van der Waals surface area contributed by atoms with Gasteiger partial charge in [0, 0.05) is 31.5 Å². The lowest BCUT2D eigenvalue weighted by atomic mass is 10.1. The third-order valence-electron chi connectivity index (χ3n) is 3.94. The molecule has 1 atom stereocenters. The van der Waals surface area contributed by atoms with Gasteiger partial charge in [-0.05, 0) is 44.1 Å². The van der Waals surface area contributed by atoms with Crippen molar-refractivity contribution in [2.24, 2.45) is 5.92 Å². The number of nitrogens with zero attached hydrogens (tertiary/aromatic N) is 1. The lowest BCUT2D eigenvalue weighted by Gasteiger charge is -2.16. The van der Waals surface area contributed by atoms with Crippen LogP contribution >= 0.6 is 0 Å². The van der Waals surface area contributed by atoms with Crippen molar-refractivity contribution in [1.82, 2.24) is 10.2 Å². The second-order valence-corrected chi connectivity index (χ2v) is 5.60. The van der Waals surface area contributed by atoms with E-state index in [2.05, 4.69) is 5.32 Å². The van der Waals surface area contributed by atoms with E-state index in [0.717, 1.165) is 25.1 Å². The average molecular weight is 310 g/mol. The number of carbonyl (C=O) groups excluding carboxylic acids is 2. The number of hydrogen-bond donors (Lipinski definition) is 1. The third-order valence-corrected chi connectivity index (χ3v) is 3.94. The Morgan fingerprint density at radius 1 is 1.27 bits per heavy atom. The first kappa shape index (κ1) is 16.5. The Balaban J connectivity index is 1.83. The minimum atomic E-state index is -1.05. The van der Waals surface area contributed by atoms with E-state index in [4.69, 9.17) is 0 Å². The summed E-state index contributed by atoms with van der Waals surface area (Å²) in [6.45, 7) is 2.29. The van der Waals surface area contributed by atoms with E-state index in [1.54, 1.807) is 4.90 Å². The number of rotatable bonds is 6. The quantitative estimate of drug-likeness (QED) is 0.818. The van der Waals surface area contributed by atoms with E-state index in [-0.39, 0.29) is 30.1 Å². The predicted molar refractivity (Wildman–Crippen MR) is 78.5 cm³/mol. The van der Waals surface area contributed by atoms with Gasteiger partial charge in [0.15, 0.2) is 17.4 Å². The number of carbonyl (C=O) groups is 2. The first-order valence-electron chi connectivity index (χ1n) is 7.42. The number of Topliss-reactive ketones (excluding diaryl/α,β-unsaturated/α-hetero) is 1. The monoisotopic (exact) mass is 310 g/mol. The minimum Gasteiger partial charge on any atom is -0.342 e. The van der Waals surface area contributed by atoms with Gasteiger partial charge in [-0.2, -0.15) is 0 Å². The summed E-state index contributed by atoms with van der Waals surface area (Å²) in [7, 11) is 1.88. The van der Waals surface area contributed by atoms with Crippen LogP contribution in [-0.2, 0) is 4.79 Å². The van der Waals surface area contributed by atoms with Gasteiger partial charge in [-0.25, -0.2) is 8.78 Å². The lowest BCUT2D eigenvalue weighted by molar-refractivity contribution is -0.130. The molecular formula is C16H20F2N2O2. The van der Waals surface area contributed by atoms with E-state index in [1.165, 1.54) is 6.07 Å². The highest BCUT2D eigenvalue weighted by Crippen LogP contribution is 2.17. The molecule has 6 heteroatoms. The maximum Gasteiger partial charge on any atom is 0.223 e. The van der Waals surface area contributed by atoms with Crippen LogP contribution in [0.25, 0.3) is 0 Å². The van der Waals surface area contributed by atoms with Gasteiger partial charge in [-0.1, -0.05) is 0 Å². The molecule has 1 N–H and O–H groups in total. The molecule has 2 rings (SSSR count). The van der Waals surface area contributed by atoms with Crippen LogP contribution in [0.4, 0.5) is 8.78 Å². The zero-order valence-corrected chi connectivity index (χ0v) is 12.6. The molecule has 1 unspecified atom stereocenters. The van der Waals surface area contributed by atoms with Crippen LogP contribution in [0, 0.1) is 17.6 Å². The Labute approximate surface area is 128 Å². The zero-order chi connectivity index (χ0) is 16.1. The van der Waals surface area contributed by atoms with Gasteiger partial charge >= 0.3 is 0 Å². The molecule has 1 heterocycles. The minimum absolute atomic E-state index is 0.0110. The fraction of sp³-hybridized carbons (Fsp3) is 0.500. The highest BCUT2D eigenvalue weighted by atomic mass is 19.2. The first-order valence-corrected chi connectivity index (χ1v) is 7.42. The fourth-order valence-electron chi connectivity index (χ4n) is 2.71. The van der Waals surface area contributed by atoms with Crippen molar-refractivity contribution in [3.63, 3.8) is 0 Å². The van der Waals surface area contributed by atoms with E-state index in [0.29, 0.717) is 19.0 Å². The lowest BCUT2D eigenvalue weighted by Crippen LogP contribution is -2.30. The van der Waals surface area contributed by atoms with E-state index in [1.807, 2.05) is 7.05 Å². The number of halogens is 2. The Kier molecular flexibility index (Phi) is 5.60. The second-order valence-electron chi connectivity index (χ2n) is 5.60. The third kappa shape index (κ3) is 4.10. The SMILES string of the molecule is CNCC1CCN(C(=O)CCC(=O)c2ccc(F)c(F)c2)C1. The van der Waals surface area contributed by atoms with Gasteiger partial charge in [-0.15, -0.1) is 0 Å². The van der Waals surface area contributed by atoms with Gasteiger partial charge in [-0.3, -0.25) is 9.59 Å². The van der Waals surface area contributed by atoms with Crippen LogP contribution < -0.4 is 5.32 Å². The van der Waals surface area contributed by atoms with Crippen LogP contribution in [-0.4, -0.2) is 43.3 Å². The first-order chi connectivity index (χ1) is 10.5. The summed E-state index contributed by atoms with van der Waals surface area (Å²) in [5, 5.41) is 3.09. The molecule has 0 aliphatic carbocycles. The molecule has 4 nitrogen and oxygen atoms in total. The van der Waals surface area contributed by atoms with Crippen molar-refractivity contribution in [2.45, 2.75) is 19.3 Å². The highest BCUT2D eigenvalue weighted by molar-refractivity contribution is 5.97. The van der Waals surface area contributed by atoms with Crippen molar-refractivity contribution < 1.29 is 18.4 Å². The van der Waals surface area contributed by atoms with Crippen LogP contribution in [0.15, 0.2) is 18.2 Å². The summed E-state index contributed by atoms with van der Waals surface area (Å²) in [6.07, 6.45) is 1.07. The molecule has 1 amide bonds. The number of benzene rings is 1. The average Bonchev–Trinajstić information content (AvgIpc) is 2.96. The normalized spacial score (nSPS) is 17.8. The molecule has 1 fully saturated rings. The van der Waals surface area contributed by atoms with E-state index in [9.17, 15) is 18.4 Å². The Hall–Kier alpha value is -1.82. The molecular weight excluding hydrogens is 290 g/mol. The number of ketones is 1. The Morgan fingerprint density at radius 2 is 2.05 bits per heavy atom. The number of hydrogen-bond acceptors (Lipinski definition) is 3. The molecule has 120 valence electrons. The topological polar surface area (TPSA) is 49.4 Å². The van der Waals surface area contributed by atoms with Crippen LogP contribution in [0.2, 0.25) is 0 Å². The van der Waals surface area contributed by atoms with Gasteiger partial charge in [0.2, 0.25) is 5.91 Å². The summed E-state index contributed by atoms with van der Waals surface area (Å²) in [5.74, 6) is -1.99. The summed E-state index contributed by atoms with van der Waals surface area (Å²) in [6, 6.07) is 3.04. The molecule has 0 saturated carbocycles. The van der Waals surface area contributed by atoms with Crippen LogP contribution in [0.3, 0.4) is 0 Å². The molecule has 0 aromatic heterocycles. The molecule has 1 aliphatic heterocycles. The molecule has 22 heavy (non-hydrogen) atoms. The van der Waals surface area contributed by atoms with Gasteiger partial charge in [0.25, 0.3) is 0 Å². The number of likely N-dealkylation sites (tertiary alicyclic amines) is 1. The molecule has 1 aromatic rings. The molecule has 1 aliphatic rings. The molecule has 0 bridgehead atoms. The maximum absolute atomic E-state index is 13.1. The number of nitrogens with one attached hydrogen (secondary N) is 1. The molecule has 0 spiro atoms.